The molecule has 0 aliphatic carbocycles. The van der Waals surface area contributed by atoms with Crippen LogP contribution in [0.4, 0.5) is 19.3 Å². The highest BCUT2D eigenvalue weighted by Gasteiger charge is 2.49. The summed E-state index contributed by atoms with van der Waals surface area (Å²) in [6.07, 6.45) is 0. The van der Waals surface area contributed by atoms with Crippen LogP contribution in [0.5, 0.6) is 11.5 Å². The summed E-state index contributed by atoms with van der Waals surface area (Å²) in [5, 5.41) is 5.17. The summed E-state index contributed by atoms with van der Waals surface area (Å²) in [5.41, 5.74) is -0.761. The fraction of sp³-hybridized carbons (Fsp3) is 0.125. The van der Waals surface area contributed by atoms with Gasteiger partial charge in [-0.2, -0.15) is 0 Å². The number of nitrogens with one attached hydrogen (secondary N) is 2. The molecule has 3 aromatic carbocycles. The summed E-state index contributed by atoms with van der Waals surface area (Å²) in [5.74, 6) is -1.74. The molecule has 1 heterocycles. The number of amides is 4. The highest BCUT2D eigenvalue weighted by molar-refractivity contribution is 6.10. The summed E-state index contributed by atoms with van der Waals surface area (Å²) in [4.78, 5) is 38.9. The third-order valence-corrected chi connectivity index (χ3v) is 5.18. The smallest absolute Gasteiger partial charge is 0.325 e. The minimum absolute atomic E-state index is 0.237. The molecule has 7 nitrogen and oxygen atoms in total. The number of anilines is 1. The summed E-state index contributed by atoms with van der Waals surface area (Å²) < 4.78 is 32.4. The molecular weight excluding hydrogens is 432 g/mol. The van der Waals surface area contributed by atoms with Gasteiger partial charge in [-0.3, -0.25) is 14.5 Å². The summed E-state index contributed by atoms with van der Waals surface area (Å²) in [6, 6.07) is 16.4. The Labute approximate surface area is 188 Å². The molecule has 1 unspecified atom stereocenters. The van der Waals surface area contributed by atoms with Crippen molar-refractivity contribution in [1.82, 2.24) is 10.2 Å². The van der Waals surface area contributed by atoms with Gasteiger partial charge in [-0.25, -0.2) is 13.6 Å². The van der Waals surface area contributed by atoms with E-state index in [0.29, 0.717) is 5.56 Å². The number of hydrogen-bond donors (Lipinski definition) is 2. The van der Waals surface area contributed by atoms with Crippen molar-refractivity contribution in [2.24, 2.45) is 0 Å². The quantitative estimate of drug-likeness (QED) is 0.551. The zero-order valence-electron chi connectivity index (χ0n) is 17.5. The normalized spacial score (nSPS) is 17.6. The number of carbonyl (C=O) groups excluding carboxylic acids is 3. The van der Waals surface area contributed by atoms with E-state index in [1.807, 2.05) is 0 Å². The van der Waals surface area contributed by atoms with Crippen LogP contribution in [0.2, 0.25) is 0 Å². The van der Waals surface area contributed by atoms with Crippen LogP contribution in [0.3, 0.4) is 0 Å². The van der Waals surface area contributed by atoms with Gasteiger partial charge >= 0.3 is 6.03 Å². The number of imide groups is 1. The Kier molecular flexibility index (Phi) is 5.78. The molecule has 0 spiro atoms. The lowest BCUT2D eigenvalue weighted by molar-refractivity contribution is -0.133. The molecule has 4 rings (SSSR count). The first-order valence-electron chi connectivity index (χ1n) is 9.99. The van der Waals surface area contributed by atoms with Crippen molar-refractivity contribution in [1.29, 1.82) is 0 Å². The molecule has 2 N–H and O–H groups in total. The number of carbonyl (C=O) groups is 3. The first-order chi connectivity index (χ1) is 15.8. The van der Waals surface area contributed by atoms with E-state index in [1.54, 1.807) is 30.3 Å². The van der Waals surface area contributed by atoms with E-state index < -0.39 is 41.6 Å². The lowest BCUT2D eigenvalue weighted by atomic mass is 9.92. The maximum Gasteiger partial charge on any atom is 0.325 e. The molecule has 4 amide bonds. The molecular formula is C24H19F2N3O4. The Bertz CT molecular complexity index is 1230. The Morgan fingerprint density at radius 3 is 2.45 bits per heavy atom. The van der Waals surface area contributed by atoms with Crippen molar-refractivity contribution in [3.05, 3.63) is 90.0 Å². The van der Waals surface area contributed by atoms with E-state index in [-0.39, 0.29) is 17.2 Å². The van der Waals surface area contributed by atoms with Gasteiger partial charge in [0.05, 0.1) is 5.69 Å². The number of nitrogens with zero attached hydrogens (tertiary/aromatic N) is 1. The van der Waals surface area contributed by atoms with Gasteiger partial charge in [-0.05, 0) is 48.9 Å². The van der Waals surface area contributed by atoms with Gasteiger partial charge in [0.25, 0.3) is 5.91 Å². The van der Waals surface area contributed by atoms with Crippen molar-refractivity contribution in [3.8, 4) is 11.5 Å². The van der Waals surface area contributed by atoms with Crippen LogP contribution in [-0.2, 0) is 15.1 Å². The van der Waals surface area contributed by atoms with Gasteiger partial charge in [0, 0.05) is 6.07 Å². The Hall–Kier alpha value is -4.27. The monoisotopic (exact) mass is 451 g/mol. The number of urea groups is 1. The topological polar surface area (TPSA) is 87.7 Å². The molecule has 9 heteroatoms. The predicted molar refractivity (Wildman–Crippen MR) is 116 cm³/mol. The highest BCUT2D eigenvalue weighted by Crippen LogP contribution is 2.31. The van der Waals surface area contributed by atoms with Crippen LogP contribution in [0.25, 0.3) is 0 Å². The van der Waals surface area contributed by atoms with E-state index in [4.69, 9.17) is 4.74 Å². The number of halogens is 2. The van der Waals surface area contributed by atoms with E-state index in [9.17, 15) is 23.2 Å². The molecule has 0 radical (unpaired) electrons. The average Bonchev–Trinajstić information content (AvgIpc) is 2.99. The molecule has 3 aromatic rings. The fourth-order valence-electron chi connectivity index (χ4n) is 3.47. The number of benzene rings is 3. The first kappa shape index (κ1) is 21.9. The van der Waals surface area contributed by atoms with Crippen molar-refractivity contribution in [3.63, 3.8) is 0 Å². The van der Waals surface area contributed by atoms with Crippen LogP contribution >= 0.6 is 0 Å². The van der Waals surface area contributed by atoms with Crippen molar-refractivity contribution < 1.29 is 27.9 Å². The molecule has 1 aliphatic rings. The highest BCUT2D eigenvalue weighted by atomic mass is 19.1. The Morgan fingerprint density at radius 1 is 1.00 bits per heavy atom. The van der Waals surface area contributed by atoms with Crippen LogP contribution in [0.15, 0.2) is 72.8 Å². The summed E-state index contributed by atoms with van der Waals surface area (Å²) >= 11 is 0. The molecule has 1 fully saturated rings. The maximum absolute atomic E-state index is 13.4. The second-order valence-corrected chi connectivity index (χ2v) is 7.56. The number of rotatable bonds is 6. The zero-order chi connectivity index (χ0) is 23.6. The molecule has 1 saturated heterocycles. The van der Waals surface area contributed by atoms with Crippen molar-refractivity contribution in [2.45, 2.75) is 12.5 Å². The molecule has 0 aromatic heterocycles. The van der Waals surface area contributed by atoms with Gasteiger partial charge < -0.3 is 15.4 Å². The Morgan fingerprint density at radius 2 is 1.73 bits per heavy atom. The minimum atomic E-state index is -1.43. The van der Waals surface area contributed by atoms with Crippen LogP contribution in [0, 0.1) is 11.6 Å². The van der Waals surface area contributed by atoms with Crippen molar-refractivity contribution in [2.75, 3.05) is 11.9 Å². The number of ether oxygens (including phenoxy) is 1. The lowest BCUT2D eigenvalue weighted by Gasteiger charge is -2.22. The lowest BCUT2D eigenvalue weighted by Crippen LogP contribution is -2.42. The molecule has 0 bridgehead atoms. The zero-order valence-corrected chi connectivity index (χ0v) is 17.5. The van der Waals surface area contributed by atoms with E-state index in [0.717, 1.165) is 4.90 Å². The predicted octanol–water partition coefficient (Wildman–Crippen LogP) is 4.16. The number of hydrogen-bond acceptors (Lipinski definition) is 4. The van der Waals surface area contributed by atoms with E-state index in [2.05, 4.69) is 10.6 Å². The Balaban J connectivity index is 1.48. The average molecular weight is 451 g/mol. The van der Waals surface area contributed by atoms with Crippen LogP contribution in [0.1, 0.15) is 12.5 Å². The summed E-state index contributed by atoms with van der Waals surface area (Å²) in [7, 11) is 0. The molecule has 168 valence electrons. The third kappa shape index (κ3) is 4.52. The van der Waals surface area contributed by atoms with Gasteiger partial charge in [0.15, 0.2) is 5.75 Å². The van der Waals surface area contributed by atoms with Crippen LogP contribution in [-0.4, -0.2) is 29.3 Å². The fourth-order valence-corrected chi connectivity index (χ4v) is 3.47. The second kappa shape index (κ2) is 8.70. The van der Waals surface area contributed by atoms with Gasteiger partial charge in [0.2, 0.25) is 5.91 Å². The van der Waals surface area contributed by atoms with Crippen LogP contribution < -0.4 is 15.4 Å². The van der Waals surface area contributed by atoms with Gasteiger partial charge in [-0.1, -0.05) is 30.3 Å². The largest absolute Gasteiger partial charge is 0.455 e. The first-order valence-corrected chi connectivity index (χ1v) is 9.99. The standard InChI is InChI=1S/C24H19F2N3O4/c1-24(15-9-11-16(25)12-10-15)22(31)29(23(32)28-24)14-21(30)27-19-7-2-3-8-20(19)33-18-6-4-5-17(26)13-18/h2-13H,14H2,1H3,(H,27,30)(H,28,32). The summed E-state index contributed by atoms with van der Waals surface area (Å²) in [6.45, 7) is 0.941. The van der Waals surface area contributed by atoms with E-state index >= 15 is 0 Å². The maximum atomic E-state index is 13.4. The number of para-hydroxylation sites is 2. The van der Waals surface area contributed by atoms with Gasteiger partial charge in [0.1, 0.15) is 29.5 Å². The molecule has 1 atom stereocenters. The van der Waals surface area contributed by atoms with E-state index in [1.165, 1.54) is 49.4 Å². The second-order valence-electron chi connectivity index (χ2n) is 7.56. The SMILES string of the molecule is CC1(c2ccc(F)cc2)NC(=O)N(CC(=O)Nc2ccccc2Oc2cccc(F)c2)C1=O. The van der Waals surface area contributed by atoms with Gasteiger partial charge in [-0.15, -0.1) is 0 Å². The minimum Gasteiger partial charge on any atom is -0.455 e. The van der Waals surface area contributed by atoms with Crippen molar-refractivity contribution >= 4 is 23.5 Å². The molecule has 0 saturated carbocycles. The molecule has 33 heavy (non-hydrogen) atoms. The third-order valence-electron chi connectivity index (χ3n) is 5.18. The molecule has 1 aliphatic heterocycles.